The summed E-state index contributed by atoms with van der Waals surface area (Å²) >= 11 is 0. The number of rotatable bonds is 7. The lowest BCUT2D eigenvalue weighted by atomic mass is 10.1. The molecule has 0 saturated heterocycles. The highest BCUT2D eigenvalue weighted by Crippen LogP contribution is 2.13. The van der Waals surface area contributed by atoms with Crippen LogP contribution >= 0.6 is 0 Å². The van der Waals surface area contributed by atoms with Crippen molar-refractivity contribution in [2.24, 2.45) is 0 Å². The van der Waals surface area contributed by atoms with Crippen molar-refractivity contribution in [2.45, 2.75) is 32.9 Å². The fourth-order valence-electron chi connectivity index (χ4n) is 2.21. The lowest BCUT2D eigenvalue weighted by Gasteiger charge is -2.26. The molecule has 2 aromatic rings. The van der Waals surface area contributed by atoms with Crippen LogP contribution in [0.1, 0.15) is 25.8 Å². The first-order valence-corrected chi connectivity index (χ1v) is 7.13. The third-order valence-electron chi connectivity index (χ3n) is 3.46. The molecule has 0 spiro atoms. The number of nitrogens with zero attached hydrogens (tertiary/aromatic N) is 3. The second-order valence-corrected chi connectivity index (χ2v) is 5.28. The van der Waals surface area contributed by atoms with Gasteiger partial charge in [0, 0.05) is 43.8 Å². The van der Waals surface area contributed by atoms with Crippen LogP contribution in [0.2, 0.25) is 0 Å². The van der Waals surface area contributed by atoms with E-state index in [0.29, 0.717) is 6.04 Å². The van der Waals surface area contributed by atoms with Crippen LogP contribution in [0, 0.1) is 0 Å². The number of hydrogen-bond acceptors (Lipinski definition) is 3. The van der Waals surface area contributed by atoms with Gasteiger partial charge in [-0.1, -0.05) is 12.1 Å². The molecule has 4 nitrogen and oxygen atoms in total. The summed E-state index contributed by atoms with van der Waals surface area (Å²) in [5.41, 5.74) is 2.42. The molecule has 0 bridgehead atoms. The van der Waals surface area contributed by atoms with Gasteiger partial charge in [-0.25, -0.2) is 4.98 Å². The van der Waals surface area contributed by atoms with E-state index < -0.39 is 0 Å². The number of aromatic nitrogens is 2. The molecule has 1 N–H and O–H groups in total. The fraction of sp³-hybridized carbons (Fsp3) is 0.438. The maximum Gasteiger partial charge on any atom is 0.0991 e. The average Bonchev–Trinajstić information content (AvgIpc) is 2.98. The van der Waals surface area contributed by atoms with E-state index in [9.17, 15) is 0 Å². The molecule has 0 amide bonds. The second-order valence-electron chi connectivity index (χ2n) is 5.28. The molecule has 0 aliphatic carbocycles. The van der Waals surface area contributed by atoms with E-state index in [-0.39, 0.29) is 6.61 Å². The molecule has 0 aliphatic heterocycles. The van der Waals surface area contributed by atoms with E-state index >= 15 is 0 Å². The van der Waals surface area contributed by atoms with Crippen LogP contribution < -0.4 is 0 Å². The van der Waals surface area contributed by atoms with Crippen molar-refractivity contribution in [1.29, 1.82) is 0 Å². The van der Waals surface area contributed by atoms with Crippen molar-refractivity contribution < 1.29 is 5.11 Å². The zero-order valence-electron chi connectivity index (χ0n) is 12.2. The van der Waals surface area contributed by atoms with Crippen molar-refractivity contribution in [3.8, 4) is 5.69 Å². The molecule has 108 valence electrons. The van der Waals surface area contributed by atoms with Gasteiger partial charge in [-0.05, 0) is 38.0 Å². The summed E-state index contributed by atoms with van der Waals surface area (Å²) in [5, 5.41) is 8.97. The van der Waals surface area contributed by atoms with Crippen molar-refractivity contribution in [3.05, 3.63) is 48.5 Å². The molecule has 0 fully saturated rings. The SMILES string of the molecule is CC(C)N(CCCO)Cc1ccc(-n2ccnc2)cc1. The Balaban J connectivity index is 2.02. The van der Waals surface area contributed by atoms with Crippen LogP contribution in [0.4, 0.5) is 0 Å². The number of imidazole rings is 1. The lowest BCUT2D eigenvalue weighted by molar-refractivity contribution is 0.185. The highest BCUT2D eigenvalue weighted by atomic mass is 16.3. The number of benzene rings is 1. The molecule has 1 aromatic heterocycles. The second kappa shape index (κ2) is 7.22. The average molecular weight is 273 g/mol. The summed E-state index contributed by atoms with van der Waals surface area (Å²) < 4.78 is 2.00. The summed E-state index contributed by atoms with van der Waals surface area (Å²) in [6, 6.07) is 9.02. The maximum absolute atomic E-state index is 8.97. The molecule has 20 heavy (non-hydrogen) atoms. The molecular weight excluding hydrogens is 250 g/mol. The Morgan fingerprint density at radius 2 is 2.00 bits per heavy atom. The molecule has 0 aliphatic rings. The Morgan fingerprint density at radius 1 is 1.25 bits per heavy atom. The van der Waals surface area contributed by atoms with Gasteiger partial charge in [-0.3, -0.25) is 4.90 Å². The van der Waals surface area contributed by atoms with Gasteiger partial charge in [-0.15, -0.1) is 0 Å². The number of hydrogen-bond donors (Lipinski definition) is 1. The maximum atomic E-state index is 8.97. The largest absolute Gasteiger partial charge is 0.396 e. The Morgan fingerprint density at radius 3 is 2.55 bits per heavy atom. The van der Waals surface area contributed by atoms with Gasteiger partial charge in [0.25, 0.3) is 0 Å². The zero-order valence-corrected chi connectivity index (χ0v) is 12.2. The molecule has 0 saturated carbocycles. The minimum absolute atomic E-state index is 0.253. The quantitative estimate of drug-likeness (QED) is 0.842. The summed E-state index contributed by atoms with van der Waals surface area (Å²) in [6.07, 6.45) is 6.35. The standard InChI is InChI=1S/C16H23N3O/c1-14(2)18(9-3-11-20)12-15-4-6-16(7-5-15)19-10-8-17-13-19/h4-8,10,13-14,20H,3,9,11-12H2,1-2H3. The minimum Gasteiger partial charge on any atom is -0.396 e. The lowest BCUT2D eigenvalue weighted by Crippen LogP contribution is -2.31. The summed E-state index contributed by atoms with van der Waals surface area (Å²) in [5.74, 6) is 0. The molecule has 0 unspecified atom stereocenters. The van der Waals surface area contributed by atoms with E-state index in [2.05, 4.69) is 48.0 Å². The van der Waals surface area contributed by atoms with E-state index in [4.69, 9.17) is 5.11 Å². The van der Waals surface area contributed by atoms with Crippen LogP contribution in [0.15, 0.2) is 43.0 Å². The minimum atomic E-state index is 0.253. The van der Waals surface area contributed by atoms with Crippen molar-refractivity contribution >= 4 is 0 Å². The topological polar surface area (TPSA) is 41.3 Å². The molecule has 2 rings (SSSR count). The Labute approximate surface area is 120 Å². The molecule has 0 atom stereocenters. The molecule has 1 aromatic carbocycles. The van der Waals surface area contributed by atoms with E-state index in [1.807, 2.05) is 10.8 Å². The van der Waals surface area contributed by atoms with Gasteiger partial charge in [0.05, 0.1) is 6.33 Å². The van der Waals surface area contributed by atoms with E-state index in [1.165, 1.54) is 5.56 Å². The third kappa shape index (κ3) is 3.92. The summed E-state index contributed by atoms with van der Waals surface area (Å²) in [6.45, 7) is 6.48. The Hall–Kier alpha value is -1.65. The van der Waals surface area contributed by atoms with Gasteiger partial charge in [0.1, 0.15) is 0 Å². The highest BCUT2D eigenvalue weighted by molar-refractivity contribution is 5.34. The monoisotopic (exact) mass is 273 g/mol. The highest BCUT2D eigenvalue weighted by Gasteiger charge is 2.09. The molecule has 0 radical (unpaired) electrons. The summed E-state index contributed by atoms with van der Waals surface area (Å²) in [4.78, 5) is 6.43. The van der Waals surface area contributed by atoms with Crippen molar-refractivity contribution in [3.63, 3.8) is 0 Å². The van der Waals surface area contributed by atoms with Gasteiger partial charge in [0.2, 0.25) is 0 Å². The third-order valence-corrected chi connectivity index (χ3v) is 3.46. The van der Waals surface area contributed by atoms with Gasteiger partial charge < -0.3 is 9.67 Å². The first kappa shape index (κ1) is 14.8. The first-order chi connectivity index (χ1) is 9.70. The predicted molar refractivity (Wildman–Crippen MR) is 80.8 cm³/mol. The number of aliphatic hydroxyl groups excluding tert-OH is 1. The summed E-state index contributed by atoms with van der Waals surface area (Å²) in [7, 11) is 0. The van der Waals surface area contributed by atoms with Crippen molar-refractivity contribution in [2.75, 3.05) is 13.2 Å². The molecule has 1 heterocycles. The predicted octanol–water partition coefficient (Wildman–Crippen LogP) is 2.47. The van der Waals surface area contributed by atoms with E-state index in [1.54, 1.807) is 12.5 Å². The zero-order chi connectivity index (χ0) is 14.4. The fourth-order valence-corrected chi connectivity index (χ4v) is 2.21. The van der Waals surface area contributed by atoms with Crippen LogP contribution in [-0.2, 0) is 6.54 Å². The molecule has 4 heteroatoms. The number of aliphatic hydroxyl groups is 1. The van der Waals surface area contributed by atoms with Gasteiger partial charge >= 0.3 is 0 Å². The smallest absolute Gasteiger partial charge is 0.0991 e. The Kier molecular flexibility index (Phi) is 5.32. The Bertz CT molecular complexity index is 491. The van der Waals surface area contributed by atoms with Crippen LogP contribution in [0.5, 0.6) is 0 Å². The first-order valence-electron chi connectivity index (χ1n) is 7.13. The van der Waals surface area contributed by atoms with Crippen molar-refractivity contribution in [1.82, 2.24) is 14.5 Å². The normalized spacial score (nSPS) is 11.4. The van der Waals surface area contributed by atoms with Gasteiger partial charge in [0.15, 0.2) is 0 Å². The van der Waals surface area contributed by atoms with Gasteiger partial charge in [-0.2, -0.15) is 0 Å². The van der Waals surface area contributed by atoms with E-state index in [0.717, 1.165) is 25.2 Å². The molecular formula is C16H23N3O. The van der Waals surface area contributed by atoms with Crippen LogP contribution in [0.3, 0.4) is 0 Å². The van der Waals surface area contributed by atoms with Crippen LogP contribution in [-0.4, -0.2) is 38.8 Å². The van der Waals surface area contributed by atoms with Crippen LogP contribution in [0.25, 0.3) is 5.69 Å².